The van der Waals surface area contributed by atoms with Crippen LogP contribution in [0.4, 0.5) is 0 Å². The van der Waals surface area contributed by atoms with Crippen molar-refractivity contribution in [2.75, 3.05) is 25.5 Å². The molecule has 2 heterocycles. The van der Waals surface area contributed by atoms with Crippen molar-refractivity contribution in [3.05, 3.63) is 23.8 Å². The number of hydrogen-bond acceptors (Lipinski definition) is 5. The first-order chi connectivity index (χ1) is 11.8. The minimum atomic E-state index is 0.168. The maximum atomic E-state index is 11.9. The van der Waals surface area contributed by atoms with Crippen molar-refractivity contribution in [1.82, 2.24) is 5.32 Å². The monoisotopic (exact) mass is 367 g/mol. The Morgan fingerprint density at radius 1 is 1.21 bits per heavy atom. The lowest BCUT2D eigenvalue weighted by atomic mass is 10.1. The first-order valence-electron chi connectivity index (χ1n) is 8.75. The molecule has 0 radical (unpaired) electrons. The number of amides is 1. The molecule has 6 heteroatoms. The Hall–Kier alpha value is -1.01. The van der Waals surface area contributed by atoms with E-state index in [4.69, 9.17) is 9.47 Å². The first kappa shape index (κ1) is 17.8. The number of carbonyl (C=O) groups excluding carboxylic acids is 1. The molecule has 1 N–H and O–H groups in total. The summed E-state index contributed by atoms with van der Waals surface area (Å²) >= 11 is 0. The summed E-state index contributed by atoms with van der Waals surface area (Å²) in [6.45, 7) is 1.89. The van der Waals surface area contributed by atoms with Gasteiger partial charge < -0.3 is 14.8 Å². The Labute approximate surface area is 151 Å². The van der Waals surface area contributed by atoms with Gasteiger partial charge in [0.2, 0.25) is 5.91 Å². The summed E-state index contributed by atoms with van der Waals surface area (Å²) in [5, 5.41) is 3.83. The van der Waals surface area contributed by atoms with E-state index in [-0.39, 0.29) is 5.91 Å². The molecule has 0 aliphatic carbocycles. The summed E-state index contributed by atoms with van der Waals surface area (Å²) in [7, 11) is 4.00. The number of unbranched alkanes of at least 4 members (excludes halogenated alkanes) is 1. The summed E-state index contributed by atoms with van der Waals surface area (Å²) < 4.78 is 11.1. The lowest BCUT2D eigenvalue weighted by Gasteiger charge is -2.18. The van der Waals surface area contributed by atoms with Crippen LogP contribution in [0, 0.1) is 0 Å². The highest BCUT2D eigenvalue weighted by molar-refractivity contribution is 8.77. The van der Waals surface area contributed by atoms with Gasteiger partial charge in [0, 0.05) is 24.0 Å². The van der Waals surface area contributed by atoms with Gasteiger partial charge in [-0.1, -0.05) is 34.1 Å². The molecule has 1 unspecified atom stereocenters. The van der Waals surface area contributed by atoms with Gasteiger partial charge in [-0.05, 0) is 43.4 Å². The molecular formula is C18H25NO3S2. The van der Waals surface area contributed by atoms with Gasteiger partial charge in [0.05, 0.1) is 0 Å². The molecule has 1 amide bonds. The molecule has 1 saturated heterocycles. The second-order valence-electron chi connectivity index (χ2n) is 6.15. The Balaban J connectivity index is 1.29. The zero-order valence-electron chi connectivity index (χ0n) is 13.9. The number of hydrogen-bond donors (Lipinski definition) is 1. The van der Waals surface area contributed by atoms with E-state index in [1.807, 2.05) is 39.8 Å². The van der Waals surface area contributed by atoms with Crippen LogP contribution in [0.15, 0.2) is 18.2 Å². The van der Waals surface area contributed by atoms with Crippen LogP contribution in [0.3, 0.4) is 0 Å². The summed E-state index contributed by atoms with van der Waals surface area (Å²) in [6.07, 6.45) is 6.20. The molecule has 0 aromatic heterocycles. The molecule has 0 saturated carbocycles. The van der Waals surface area contributed by atoms with Gasteiger partial charge in [0.15, 0.2) is 11.5 Å². The molecule has 3 rings (SSSR count). The second-order valence-corrected chi connectivity index (χ2v) is 8.94. The molecule has 2 aliphatic rings. The Bertz CT molecular complexity index is 547. The van der Waals surface area contributed by atoms with Gasteiger partial charge in [0.1, 0.15) is 13.2 Å². The number of benzene rings is 1. The predicted octanol–water partition coefficient (Wildman–Crippen LogP) is 3.83. The molecule has 4 nitrogen and oxygen atoms in total. The lowest BCUT2D eigenvalue weighted by Crippen LogP contribution is -2.25. The van der Waals surface area contributed by atoms with Crippen LogP contribution in [0.5, 0.6) is 11.5 Å². The maximum absolute atomic E-state index is 11.9. The number of carbonyl (C=O) groups is 1. The zero-order chi connectivity index (χ0) is 16.6. The fraction of sp³-hybridized carbons (Fsp3) is 0.611. The predicted molar refractivity (Wildman–Crippen MR) is 101 cm³/mol. The van der Waals surface area contributed by atoms with Gasteiger partial charge in [-0.3, -0.25) is 4.79 Å². The van der Waals surface area contributed by atoms with E-state index >= 15 is 0 Å². The van der Waals surface area contributed by atoms with Gasteiger partial charge in [-0.15, -0.1) is 0 Å². The number of ether oxygens (including phenoxy) is 2. The summed E-state index contributed by atoms with van der Waals surface area (Å²) in [5.74, 6) is 3.08. The van der Waals surface area contributed by atoms with Crippen LogP contribution in [-0.4, -0.2) is 36.7 Å². The molecule has 1 aromatic carbocycles. The average Bonchev–Trinajstić information content (AvgIpc) is 3.12. The highest BCUT2D eigenvalue weighted by Gasteiger charge is 2.16. The van der Waals surface area contributed by atoms with Crippen molar-refractivity contribution in [3.63, 3.8) is 0 Å². The van der Waals surface area contributed by atoms with Crippen LogP contribution in [-0.2, 0) is 11.2 Å². The smallest absolute Gasteiger partial charge is 0.220 e. The fourth-order valence-electron chi connectivity index (χ4n) is 2.90. The highest BCUT2D eigenvalue weighted by atomic mass is 33.1. The van der Waals surface area contributed by atoms with Crippen molar-refractivity contribution in [2.45, 2.75) is 43.8 Å². The Morgan fingerprint density at radius 2 is 2.08 bits per heavy atom. The van der Waals surface area contributed by atoms with Crippen molar-refractivity contribution in [1.29, 1.82) is 0 Å². The van der Waals surface area contributed by atoms with Crippen molar-refractivity contribution in [2.24, 2.45) is 0 Å². The third kappa shape index (κ3) is 5.52. The van der Waals surface area contributed by atoms with E-state index in [0.717, 1.165) is 41.6 Å². The van der Waals surface area contributed by atoms with E-state index in [1.165, 1.54) is 18.6 Å². The second kappa shape index (κ2) is 9.47. The van der Waals surface area contributed by atoms with Crippen LogP contribution in [0.25, 0.3) is 0 Å². The van der Waals surface area contributed by atoms with Crippen molar-refractivity contribution >= 4 is 27.5 Å². The van der Waals surface area contributed by atoms with E-state index < -0.39 is 0 Å². The van der Waals surface area contributed by atoms with Crippen LogP contribution < -0.4 is 14.8 Å². The molecular weight excluding hydrogens is 342 g/mol. The third-order valence-electron chi connectivity index (χ3n) is 4.25. The van der Waals surface area contributed by atoms with Crippen LogP contribution in [0.1, 0.15) is 37.7 Å². The number of rotatable bonds is 8. The first-order valence-corrected chi connectivity index (χ1v) is 11.1. The van der Waals surface area contributed by atoms with E-state index in [1.54, 1.807) is 0 Å². The SMILES string of the molecule is O=C(CCCCC1CCSS1)NCCc1ccc2c(c1)OCCO2. The molecule has 1 aromatic rings. The van der Waals surface area contributed by atoms with E-state index in [2.05, 4.69) is 5.32 Å². The van der Waals surface area contributed by atoms with Crippen molar-refractivity contribution in [3.8, 4) is 11.5 Å². The van der Waals surface area contributed by atoms with Gasteiger partial charge in [0.25, 0.3) is 0 Å². The van der Waals surface area contributed by atoms with E-state index in [9.17, 15) is 4.79 Å². The molecule has 1 fully saturated rings. The Kier molecular flexibility index (Phi) is 7.02. The normalized spacial score (nSPS) is 19.2. The van der Waals surface area contributed by atoms with Gasteiger partial charge >= 0.3 is 0 Å². The van der Waals surface area contributed by atoms with Crippen LogP contribution >= 0.6 is 21.6 Å². The lowest BCUT2D eigenvalue weighted by molar-refractivity contribution is -0.121. The molecule has 24 heavy (non-hydrogen) atoms. The molecule has 0 spiro atoms. The van der Waals surface area contributed by atoms with Crippen LogP contribution in [0.2, 0.25) is 0 Å². The van der Waals surface area contributed by atoms with Gasteiger partial charge in [-0.2, -0.15) is 0 Å². The standard InChI is InChI=1S/C18H25NO3S2/c20-18(4-2-1-3-15-8-12-23-24-15)19-9-7-14-5-6-16-17(13-14)22-11-10-21-16/h5-6,13,15H,1-4,7-12H2,(H,19,20). The Morgan fingerprint density at radius 3 is 2.92 bits per heavy atom. The zero-order valence-corrected chi connectivity index (χ0v) is 15.6. The largest absolute Gasteiger partial charge is 0.486 e. The summed E-state index contributed by atoms with van der Waals surface area (Å²) in [5.41, 5.74) is 1.16. The third-order valence-corrected chi connectivity index (χ3v) is 7.26. The minimum Gasteiger partial charge on any atom is -0.486 e. The van der Waals surface area contributed by atoms with Crippen molar-refractivity contribution < 1.29 is 14.3 Å². The fourth-order valence-corrected chi connectivity index (χ4v) is 5.93. The maximum Gasteiger partial charge on any atom is 0.220 e. The molecule has 2 aliphatic heterocycles. The average molecular weight is 368 g/mol. The molecule has 132 valence electrons. The molecule has 0 bridgehead atoms. The summed E-state index contributed by atoms with van der Waals surface area (Å²) in [6, 6.07) is 6.00. The van der Waals surface area contributed by atoms with E-state index in [0.29, 0.717) is 26.2 Å². The topological polar surface area (TPSA) is 47.6 Å². The number of fused-ring (bicyclic) bond motifs is 1. The quantitative estimate of drug-likeness (QED) is 0.559. The summed E-state index contributed by atoms with van der Waals surface area (Å²) in [4.78, 5) is 11.9. The molecule has 1 atom stereocenters. The number of nitrogens with one attached hydrogen (secondary N) is 1. The highest BCUT2D eigenvalue weighted by Crippen LogP contribution is 2.39. The minimum absolute atomic E-state index is 0.168. The van der Waals surface area contributed by atoms with Gasteiger partial charge in [-0.25, -0.2) is 0 Å².